The third-order valence-electron chi connectivity index (χ3n) is 4.53. The average molecular weight is 417 g/mol. The molecule has 5 nitrogen and oxygen atoms in total. The number of amides is 2. The van der Waals surface area contributed by atoms with Crippen LogP contribution in [0.2, 0.25) is 5.02 Å². The van der Waals surface area contributed by atoms with Crippen LogP contribution in [-0.4, -0.2) is 35.4 Å². The minimum atomic E-state index is -0.582. The summed E-state index contributed by atoms with van der Waals surface area (Å²) in [5.74, 6) is 0.252. The van der Waals surface area contributed by atoms with E-state index in [9.17, 15) is 9.59 Å². The Balaban J connectivity index is 2.21. The zero-order valence-electron chi connectivity index (χ0n) is 17.4. The first-order valence-electron chi connectivity index (χ1n) is 9.84. The first-order chi connectivity index (χ1) is 13.8. The molecule has 1 atom stereocenters. The summed E-state index contributed by atoms with van der Waals surface area (Å²) in [4.78, 5) is 27.4. The van der Waals surface area contributed by atoms with Gasteiger partial charge in [0.15, 0.2) is 6.61 Å². The first kappa shape index (κ1) is 22.8. The lowest BCUT2D eigenvalue weighted by Gasteiger charge is -2.31. The molecule has 2 amide bonds. The summed E-state index contributed by atoms with van der Waals surface area (Å²) in [5.41, 5.74) is 1.85. The minimum Gasteiger partial charge on any atom is -0.484 e. The molecule has 2 aromatic carbocycles. The molecular formula is C23H29ClN2O3. The molecule has 0 radical (unpaired) electrons. The number of nitrogens with one attached hydrogen (secondary N) is 1. The predicted octanol–water partition coefficient (Wildman–Crippen LogP) is 4.36. The number of hydrogen-bond donors (Lipinski definition) is 1. The highest BCUT2D eigenvalue weighted by Crippen LogP contribution is 2.18. The molecular weight excluding hydrogens is 388 g/mol. The van der Waals surface area contributed by atoms with Gasteiger partial charge in [-0.25, -0.2) is 0 Å². The maximum Gasteiger partial charge on any atom is 0.261 e. The Hall–Kier alpha value is -2.53. The van der Waals surface area contributed by atoms with Gasteiger partial charge in [-0.1, -0.05) is 48.9 Å². The van der Waals surface area contributed by atoms with Crippen LogP contribution in [0.3, 0.4) is 0 Å². The normalized spacial score (nSPS) is 11.8. The Kier molecular flexibility index (Phi) is 8.52. The molecule has 0 aliphatic heterocycles. The molecule has 0 aliphatic rings. The van der Waals surface area contributed by atoms with Crippen molar-refractivity contribution in [3.8, 4) is 5.75 Å². The molecule has 156 valence electrons. The van der Waals surface area contributed by atoms with Gasteiger partial charge in [-0.2, -0.15) is 0 Å². The van der Waals surface area contributed by atoms with E-state index in [-0.39, 0.29) is 24.5 Å². The van der Waals surface area contributed by atoms with Gasteiger partial charge in [0, 0.05) is 17.6 Å². The minimum absolute atomic E-state index is 0.00717. The van der Waals surface area contributed by atoms with Crippen molar-refractivity contribution in [2.24, 2.45) is 0 Å². The fraction of sp³-hybridized carbons (Fsp3) is 0.391. The van der Waals surface area contributed by atoms with Crippen molar-refractivity contribution in [2.45, 2.75) is 52.7 Å². The van der Waals surface area contributed by atoms with Crippen LogP contribution in [0, 0.1) is 6.92 Å². The van der Waals surface area contributed by atoms with E-state index < -0.39 is 6.04 Å². The highest BCUT2D eigenvalue weighted by molar-refractivity contribution is 6.30. The van der Waals surface area contributed by atoms with E-state index in [1.165, 1.54) is 0 Å². The van der Waals surface area contributed by atoms with Gasteiger partial charge in [-0.3, -0.25) is 9.59 Å². The summed E-state index contributed by atoms with van der Waals surface area (Å²) in [7, 11) is 0. The molecule has 29 heavy (non-hydrogen) atoms. The van der Waals surface area contributed by atoms with Crippen LogP contribution in [0.4, 0.5) is 0 Å². The highest BCUT2D eigenvalue weighted by atomic mass is 35.5. The number of halogens is 1. The number of hydrogen-bond acceptors (Lipinski definition) is 3. The molecule has 0 bridgehead atoms. The van der Waals surface area contributed by atoms with Crippen molar-refractivity contribution in [3.63, 3.8) is 0 Å². The van der Waals surface area contributed by atoms with Gasteiger partial charge in [0.1, 0.15) is 11.8 Å². The second-order valence-corrected chi connectivity index (χ2v) is 7.73. The number of ether oxygens (including phenoxy) is 1. The molecule has 0 aliphatic carbocycles. The van der Waals surface area contributed by atoms with Crippen molar-refractivity contribution in [1.29, 1.82) is 0 Å². The number of para-hydroxylation sites is 1. The maximum atomic E-state index is 13.1. The van der Waals surface area contributed by atoms with Crippen LogP contribution in [0.25, 0.3) is 0 Å². The van der Waals surface area contributed by atoms with Gasteiger partial charge in [0.25, 0.3) is 5.91 Å². The molecule has 0 heterocycles. The molecule has 2 rings (SSSR count). The van der Waals surface area contributed by atoms with Gasteiger partial charge in [0.2, 0.25) is 5.91 Å². The van der Waals surface area contributed by atoms with Crippen LogP contribution in [0.15, 0.2) is 48.5 Å². The lowest BCUT2D eigenvalue weighted by Crippen LogP contribution is -2.51. The number of rotatable bonds is 9. The predicted molar refractivity (Wildman–Crippen MR) is 116 cm³/mol. The summed E-state index contributed by atoms with van der Waals surface area (Å²) < 4.78 is 5.75. The Bertz CT molecular complexity index is 821. The van der Waals surface area contributed by atoms with E-state index in [0.29, 0.717) is 23.7 Å². The highest BCUT2D eigenvalue weighted by Gasteiger charge is 2.29. The van der Waals surface area contributed by atoms with Crippen molar-refractivity contribution in [3.05, 3.63) is 64.7 Å². The molecule has 0 saturated carbocycles. The third-order valence-corrected chi connectivity index (χ3v) is 4.78. The van der Waals surface area contributed by atoms with Crippen LogP contribution >= 0.6 is 11.6 Å². The molecule has 0 saturated heterocycles. The van der Waals surface area contributed by atoms with Crippen LogP contribution < -0.4 is 10.1 Å². The van der Waals surface area contributed by atoms with E-state index in [2.05, 4.69) is 5.32 Å². The number of nitrogens with zero attached hydrogens (tertiary/aromatic N) is 1. The van der Waals surface area contributed by atoms with Crippen molar-refractivity contribution < 1.29 is 14.3 Å². The molecule has 0 unspecified atom stereocenters. The largest absolute Gasteiger partial charge is 0.484 e. The van der Waals surface area contributed by atoms with Gasteiger partial charge in [0.05, 0.1) is 0 Å². The van der Waals surface area contributed by atoms with Gasteiger partial charge in [-0.05, 0) is 56.5 Å². The fourth-order valence-electron chi connectivity index (χ4n) is 3.03. The summed E-state index contributed by atoms with van der Waals surface area (Å²) in [6.45, 7) is 7.79. The molecule has 1 N–H and O–H groups in total. The standard InChI is InChI=1S/C23H29ClN2O3/c1-5-20(23(28)25-16(2)3)26(14-18-10-12-19(24)13-11-18)22(27)15-29-21-9-7-6-8-17(21)4/h6-13,16,20H,5,14-15H2,1-4H3,(H,25,28)/t20-/m1/s1. The average Bonchev–Trinajstić information content (AvgIpc) is 2.68. The first-order valence-corrected chi connectivity index (χ1v) is 10.2. The zero-order valence-corrected chi connectivity index (χ0v) is 18.2. The number of carbonyl (C=O) groups excluding carboxylic acids is 2. The lowest BCUT2D eigenvalue weighted by atomic mass is 10.1. The maximum absolute atomic E-state index is 13.1. The van der Waals surface area contributed by atoms with Gasteiger partial charge < -0.3 is 15.0 Å². The van der Waals surface area contributed by atoms with E-state index in [0.717, 1.165) is 11.1 Å². The van der Waals surface area contributed by atoms with Crippen molar-refractivity contribution >= 4 is 23.4 Å². The fourth-order valence-corrected chi connectivity index (χ4v) is 3.15. The van der Waals surface area contributed by atoms with Crippen LogP contribution in [-0.2, 0) is 16.1 Å². The quantitative estimate of drug-likeness (QED) is 0.660. The second kappa shape index (κ2) is 10.9. The van der Waals surface area contributed by atoms with Crippen LogP contribution in [0.1, 0.15) is 38.3 Å². The molecule has 0 fully saturated rings. The molecule has 2 aromatic rings. The van der Waals surface area contributed by atoms with E-state index in [4.69, 9.17) is 16.3 Å². The third kappa shape index (κ3) is 6.79. The zero-order chi connectivity index (χ0) is 21.4. The van der Waals surface area contributed by atoms with E-state index in [1.54, 1.807) is 17.0 Å². The SMILES string of the molecule is CC[C@H](C(=O)NC(C)C)N(Cc1ccc(Cl)cc1)C(=O)COc1ccccc1C. The summed E-state index contributed by atoms with van der Waals surface area (Å²) >= 11 is 5.98. The van der Waals surface area contributed by atoms with Crippen LogP contribution in [0.5, 0.6) is 5.75 Å². The smallest absolute Gasteiger partial charge is 0.261 e. The summed E-state index contributed by atoms with van der Waals surface area (Å²) in [6, 6.07) is 14.2. The van der Waals surface area contributed by atoms with Crippen molar-refractivity contribution in [2.75, 3.05) is 6.61 Å². The van der Waals surface area contributed by atoms with Crippen molar-refractivity contribution in [1.82, 2.24) is 10.2 Å². The molecule has 6 heteroatoms. The van der Waals surface area contributed by atoms with Gasteiger partial charge in [-0.15, -0.1) is 0 Å². The Morgan fingerprint density at radius 3 is 2.34 bits per heavy atom. The lowest BCUT2D eigenvalue weighted by molar-refractivity contribution is -0.143. The monoisotopic (exact) mass is 416 g/mol. The molecule has 0 spiro atoms. The number of aryl methyl sites for hydroxylation is 1. The summed E-state index contributed by atoms with van der Waals surface area (Å²) in [6.07, 6.45) is 0.502. The van der Waals surface area contributed by atoms with Gasteiger partial charge >= 0.3 is 0 Å². The van der Waals surface area contributed by atoms with E-state index in [1.807, 2.05) is 64.1 Å². The summed E-state index contributed by atoms with van der Waals surface area (Å²) in [5, 5.41) is 3.54. The van der Waals surface area contributed by atoms with E-state index >= 15 is 0 Å². The topological polar surface area (TPSA) is 58.6 Å². The number of carbonyl (C=O) groups is 2. The Labute approximate surface area is 178 Å². The second-order valence-electron chi connectivity index (χ2n) is 7.29. The number of benzene rings is 2. The Morgan fingerprint density at radius 2 is 1.76 bits per heavy atom. The Morgan fingerprint density at radius 1 is 1.10 bits per heavy atom. The molecule has 0 aromatic heterocycles.